The third-order valence-corrected chi connectivity index (χ3v) is 3.24. The normalized spacial score (nSPS) is 15.9. The summed E-state index contributed by atoms with van der Waals surface area (Å²) in [5.41, 5.74) is 2.06. The Morgan fingerprint density at radius 2 is 2.06 bits per heavy atom. The van der Waals surface area contributed by atoms with Gasteiger partial charge in [0.05, 0.1) is 0 Å². The molecular formula is C15H15BrO2. The van der Waals surface area contributed by atoms with Crippen molar-refractivity contribution >= 4 is 21.9 Å². The van der Waals surface area contributed by atoms with Gasteiger partial charge in [0.1, 0.15) is 5.33 Å². The van der Waals surface area contributed by atoms with Crippen molar-refractivity contribution in [1.82, 2.24) is 0 Å². The highest BCUT2D eigenvalue weighted by atomic mass is 79.9. The molecule has 3 heteroatoms. The van der Waals surface area contributed by atoms with Gasteiger partial charge < -0.3 is 4.74 Å². The summed E-state index contributed by atoms with van der Waals surface area (Å²) in [6.07, 6.45) is 8.06. The van der Waals surface area contributed by atoms with Crippen LogP contribution in [0.5, 0.6) is 0 Å². The van der Waals surface area contributed by atoms with Gasteiger partial charge in [0.15, 0.2) is 6.10 Å². The number of carbonyl (C=O) groups excluding carboxylic acids is 1. The number of alkyl halides is 1. The lowest BCUT2D eigenvalue weighted by molar-refractivity contribution is -0.144. The zero-order chi connectivity index (χ0) is 12.8. The molecule has 0 saturated carbocycles. The lowest BCUT2D eigenvalue weighted by atomic mass is 9.96. The van der Waals surface area contributed by atoms with Gasteiger partial charge in [0.2, 0.25) is 0 Å². The van der Waals surface area contributed by atoms with E-state index >= 15 is 0 Å². The first-order chi connectivity index (χ1) is 8.81. The van der Waals surface area contributed by atoms with Crippen LogP contribution >= 0.6 is 15.9 Å². The Morgan fingerprint density at radius 1 is 1.28 bits per heavy atom. The first-order valence-electron chi connectivity index (χ1n) is 5.98. The van der Waals surface area contributed by atoms with Crippen molar-refractivity contribution in [3.05, 3.63) is 59.7 Å². The van der Waals surface area contributed by atoms with E-state index < -0.39 is 0 Å². The van der Waals surface area contributed by atoms with Gasteiger partial charge in [-0.05, 0) is 24.0 Å². The minimum Gasteiger partial charge on any atom is -0.452 e. The van der Waals surface area contributed by atoms with E-state index in [1.165, 1.54) is 0 Å². The van der Waals surface area contributed by atoms with Gasteiger partial charge in [-0.1, -0.05) is 64.5 Å². The molecule has 94 valence electrons. The molecule has 0 fully saturated rings. The fraction of sp³-hybridized carbons (Fsp3) is 0.267. The quantitative estimate of drug-likeness (QED) is 0.622. The second kappa shape index (κ2) is 6.55. The third-order valence-electron chi connectivity index (χ3n) is 2.79. The van der Waals surface area contributed by atoms with Gasteiger partial charge in [-0.2, -0.15) is 0 Å². The van der Waals surface area contributed by atoms with Crippen molar-refractivity contribution in [2.45, 2.75) is 18.9 Å². The number of allylic oxidation sites excluding steroid dienone is 2. The van der Waals surface area contributed by atoms with E-state index in [9.17, 15) is 4.79 Å². The van der Waals surface area contributed by atoms with Gasteiger partial charge in [-0.3, -0.25) is 4.79 Å². The Hall–Kier alpha value is -1.35. The molecule has 0 saturated heterocycles. The van der Waals surface area contributed by atoms with Crippen LogP contribution in [-0.4, -0.2) is 11.3 Å². The zero-order valence-corrected chi connectivity index (χ0v) is 11.6. The molecule has 2 nitrogen and oxygen atoms in total. The largest absolute Gasteiger partial charge is 0.452 e. The van der Waals surface area contributed by atoms with E-state index in [0.717, 1.165) is 24.0 Å². The smallest absolute Gasteiger partial charge is 0.317 e. The van der Waals surface area contributed by atoms with Crippen molar-refractivity contribution in [3.8, 4) is 0 Å². The Bertz CT molecular complexity index is 463. The molecule has 1 atom stereocenters. The molecule has 2 rings (SSSR count). The summed E-state index contributed by atoms with van der Waals surface area (Å²) in [6, 6.07) is 9.83. The van der Waals surface area contributed by atoms with E-state index in [1.807, 2.05) is 36.4 Å². The molecular weight excluding hydrogens is 292 g/mol. The number of rotatable bonds is 4. The average molecular weight is 307 g/mol. The Balaban J connectivity index is 2.25. The number of benzene rings is 1. The molecule has 18 heavy (non-hydrogen) atoms. The monoisotopic (exact) mass is 306 g/mol. The van der Waals surface area contributed by atoms with E-state index in [-0.39, 0.29) is 17.4 Å². The van der Waals surface area contributed by atoms with Gasteiger partial charge in [0.25, 0.3) is 0 Å². The molecule has 0 bridgehead atoms. The van der Waals surface area contributed by atoms with E-state index in [1.54, 1.807) is 0 Å². The summed E-state index contributed by atoms with van der Waals surface area (Å²) >= 11 is 3.13. The standard InChI is InChI=1S/C15H15BrO2/c16-11-14(17)18-15(12-7-3-1-4-8-12)13-9-5-2-6-10-13/h1,3-5,7-10,15H,2,6,11H2. The molecule has 1 aliphatic carbocycles. The number of hydrogen-bond donors (Lipinski definition) is 0. The van der Waals surface area contributed by atoms with E-state index in [0.29, 0.717) is 0 Å². The van der Waals surface area contributed by atoms with Crippen LogP contribution in [0.2, 0.25) is 0 Å². The maximum absolute atomic E-state index is 11.5. The maximum Gasteiger partial charge on any atom is 0.317 e. The average Bonchev–Trinajstić information content (AvgIpc) is 2.46. The van der Waals surface area contributed by atoms with Gasteiger partial charge in [-0.25, -0.2) is 0 Å². The van der Waals surface area contributed by atoms with Crippen LogP contribution in [0.1, 0.15) is 24.5 Å². The Labute approximate surface area is 115 Å². The number of halogens is 1. The van der Waals surface area contributed by atoms with Crippen molar-refractivity contribution in [3.63, 3.8) is 0 Å². The van der Waals surface area contributed by atoms with Crippen molar-refractivity contribution in [2.24, 2.45) is 0 Å². The molecule has 0 radical (unpaired) electrons. The summed E-state index contributed by atoms with van der Waals surface area (Å²) in [5.74, 6) is -0.247. The lowest BCUT2D eigenvalue weighted by Gasteiger charge is -2.20. The lowest BCUT2D eigenvalue weighted by Crippen LogP contribution is -2.14. The van der Waals surface area contributed by atoms with Crippen LogP contribution in [-0.2, 0) is 9.53 Å². The summed E-state index contributed by atoms with van der Waals surface area (Å²) < 4.78 is 5.52. The van der Waals surface area contributed by atoms with Crippen molar-refractivity contribution in [1.29, 1.82) is 0 Å². The first kappa shape index (κ1) is 13.1. The number of ether oxygens (including phenoxy) is 1. The molecule has 0 spiro atoms. The maximum atomic E-state index is 11.5. The second-order valence-electron chi connectivity index (χ2n) is 4.10. The molecule has 1 aliphatic rings. The summed E-state index contributed by atoms with van der Waals surface area (Å²) in [7, 11) is 0. The summed E-state index contributed by atoms with van der Waals surface area (Å²) in [5, 5.41) is 0.216. The van der Waals surface area contributed by atoms with E-state index in [4.69, 9.17) is 4.74 Å². The van der Waals surface area contributed by atoms with Crippen LogP contribution in [0.15, 0.2) is 54.1 Å². The second-order valence-corrected chi connectivity index (χ2v) is 4.66. The minimum atomic E-state index is -0.298. The van der Waals surface area contributed by atoms with Crippen LogP contribution < -0.4 is 0 Å². The molecule has 1 aromatic carbocycles. The molecule has 0 aromatic heterocycles. The van der Waals surface area contributed by atoms with Crippen LogP contribution in [0.25, 0.3) is 0 Å². The van der Waals surface area contributed by atoms with Crippen molar-refractivity contribution in [2.75, 3.05) is 5.33 Å². The molecule has 0 N–H and O–H groups in total. The predicted molar refractivity (Wildman–Crippen MR) is 75.5 cm³/mol. The molecule has 1 unspecified atom stereocenters. The number of hydrogen-bond acceptors (Lipinski definition) is 2. The Kier molecular flexibility index (Phi) is 4.76. The highest BCUT2D eigenvalue weighted by Crippen LogP contribution is 2.29. The van der Waals surface area contributed by atoms with Crippen LogP contribution in [0.4, 0.5) is 0 Å². The van der Waals surface area contributed by atoms with Gasteiger partial charge in [-0.15, -0.1) is 0 Å². The van der Waals surface area contributed by atoms with Crippen LogP contribution in [0.3, 0.4) is 0 Å². The van der Waals surface area contributed by atoms with Gasteiger partial charge in [0, 0.05) is 0 Å². The first-order valence-corrected chi connectivity index (χ1v) is 7.10. The topological polar surface area (TPSA) is 26.3 Å². The fourth-order valence-corrected chi connectivity index (χ4v) is 2.08. The summed E-state index contributed by atoms with van der Waals surface area (Å²) in [6.45, 7) is 0. The zero-order valence-electron chi connectivity index (χ0n) is 10.0. The molecule has 0 heterocycles. The van der Waals surface area contributed by atoms with Gasteiger partial charge >= 0.3 is 5.97 Å². The highest BCUT2D eigenvalue weighted by Gasteiger charge is 2.19. The highest BCUT2D eigenvalue weighted by molar-refractivity contribution is 9.09. The molecule has 0 aliphatic heterocycles. The molecule has 0 amide bonds. The number of carbonyl (C=O) groups is 1. The van der Waals surface area contributed by atoms with Crippen LogP contribution in [0, 0.1) is 0 Å². The molecule has 1 aromatic rings. The van der Waals surface area contributed by atoms with E-state index in [2.05, 4.69) is 28.1 Å². The predicted octanol–water partition coefficient (Wildman–Crippen LogP) is 3.94. The third kappa shape index (κ3) is 3.33. The minimum absolute atomic E-state index is 0.216. The Morgan fingerprint density at radius 3 is 2.67 bits per heavy atom. The summed E-state index contributed by atoms with van der Waals surface area (Å²) in [4.78, 5) is 11.5. The van der Waals surface area contributed by atoms with Crippen molar-refractivity contribution < 1.29 is 9.53 Å². The number of esters is 1. The SMILES string of the molecule is O=C(CBr)OC(C1=CCCC=C1)c1ccccc1. The fourth-order valence-electron chi connectivity index (χ4n) is 1.95.